The predicted molar refractivity (Wildman–Crippen MR) is 160 cm³/mol. The first-order valence-electron chi connectivity index (χ1n) is 13.0. The molecule has 10 heteroatoms. The molecule has 3 aromatic carbocycles. The van der Waals surface area contributed by atoms with Crippen LogP contribution in [0.4, 0.5) is 0 Å². The van der Waals surface area contributed by atoms with Gasteiger partial charge in [-0.15, -0.1) is 0 Å². The van der Waals surface area contributed by atoms with Gasteiger partial charge in [-0.3, -0.25) is 4.79 Å². The summed E-state index contributed by atoms with van der Waals surface area (Å²) in [6.07, 6.45) is 0.483. The number of benzene rings is 3. The summed E-state index contributed by atoms with van der Waals surface area (Å²) < 4.78 is 23.0. The molecule has 0 bridgehead atoms. The van der Waals surface area contributed by atoms with Crippen molar-refractivity contribution in [2.45, 2.75) is 39.7 Å². The van der Waals surface area contributed by atoms with Crippen LogP contribution in [0.5, 0.6) is 17.2 Å². The van der Waals surface area contributed by atoms with Gasteiger partial charge in [0.15, 0.2) is 23.4 Å². The van der Waals surface area contributed by atoms with E-state index in [2.05, 4.69) is 18.9 Å². The molecule has 4 rings (SSSR count). The van der Waals surface area contributed by atoms with Gasteiger partial charge in [-0.2, -0.15) is 9.78 Å². The van der Waals surface area contributed by atoms with Crippen molar-refractivity contribution in [1.82, 2.24) is 9.66 Å². The molecule has 0 aliphatic heterocycles. The molecule has 4 aromatic rings. The summed E-state index contributed by atoms with van der Waals surface area (Å²) in [5.41, 5.74) is 3.12. The highest BCUT2D eigenvalue weighted by molar-refractivity contribution is 6.31. The molecule has 0 radical (unpaired) electrons. The van der Waals surface area contributed by atoms with Gasteiger partial charge in [-0.1, -0.05) is 37.6 Å². The number of rotatable bonds is 9. The van der Waals surface area contributed by atoms with Crippen molar-refractivity contribution in [1.29, 1.82) is 0 Å². The van der Waals surface area contributed by atoms with Crippen molar-refractivity contribution >= 4 is 34.7 Å². The number of ether oxygens (including phenoxy) is 4. The number of carbonyl (C=O) groups is 1. The van der Waals surface area contributed by atoms with Gasteiger partial charge in [0, 0.05) is 22.2 Å². The maximum atomic E-state index is 13.8. The molecule has 0 aliphatic carbocycles. The van der Waals surface area contributed by atoms with Gasteiger partial charge in [0.25, 0.3) is 5.56 Å². The molecule has 41 heavy (non-hydrogen) atoms. The van der Waals surface area contributed by atoms with Gasteiger partial charge < -0.3 is 18.9 Å². The fourth-order valence-electron chi connectivity index (χ4n) is 4.45. The van der Waals surface area contributed by atoms with Crippen LogP contribution in [0.25, 0.3) is 22.3 Å². The van der Waals surface area contributed by atoms with Crippen LogP contribution in [0.3, 0.4) is 0 Å². The molecule has 1 atom stereocenters. The van der Waals surface area contributed by atoms with Crippen molar-refractivity contribution < 1.29 is 23.7 Å². The van der Waals surface area contributed by atoms with E-state index in [0.717, 1.165) is 22.4 Å². The van der Waals surface area contributed by atoms with Crippen LogP contribution in [0, 0.1) is 6.92 Å². The van der Waals surface area contributed by atoms with Crippen LogP contribution in [-0.4, -0.2) is 49.3 Å². The van der Waals surface area contributed by atoms with Gasteiger partial charge in [-0.05, 0) is 61.2 Å². The molecule has 9 nitrogen and oxygen atoms in total. The normalized spacial score (nSPS) is 12.1. The number of para-hydroxylation sites is 1. The Hall–Kier alpha value is -4.37. The summed E-state index contributed by atoms with van der Waals surface area (Å²) >= 11 is 6.36. The van der Waals surface area contributed by atoms with Crippen LogP contribution < -0.4 is 19.8 Å². The number of carbonyl (C=O) groups excluding carboxylic acids is 1. The summed E-state index contributed by atoms with van der Waals surface area (Å²) in [4.78, 5) is 30.8. The van der Waals surface area contributed by atoms with Gasteiger partial charge in [0.1, 0.15) is 5.75 Å². The zero-order valence-corrected chi connectivity index (χ0v) is 24.8. The van der Waals surface area contributed by atoms with Crippen molar-refractivity contribution in [3.63, 3.8) is 0 Å². The van der Waals surface area contributed by atoms with E-state index in [0.29, 0.717) is 27.3 Å². The Labute approximate surface area is 243 Å². The van der Waals surface area contributed by atoms with Crippen LogP contribution >= 0.6 is 11.6 Å². The molecule has 0 saturated carbocycles. The Morgan fingerprint density at radius 3 is 2.39 bits per heavy atom. The number of esters is 1. The fraction of sp³-hybridized carbons (Fsp3) is 0.290. The predicted octanol–water partition coefficient (Wildman–Crippen LogP) is 5.99. The molecular formula is C31H32ClN3O6. The Balaban J connectivity index is 1.97. The van der Waals surface area contributed by atoms with E-state index in [4.69, 9.17) is 35.5 Å². The summed E-state index contributed by atoms with van der Waals surface area (Å²) in [5.74, 6) is 1.19. The van der Waals surface area contributed by atoms with E-state index in [1.165, 1.54) is 25.1 Å². The lowest BCUT2D eigenvalue weighted by Gasteiger charge is -2.18. The van der Waals surface area contributed by atoms with Crippen molar-refractivity contribution in [3.8, 4) is 28.6 Å². The summed E-state index contributed by atoms with van der Waals surface area (Å²) in [5, 5.41) is 5.34. The average Bonchev–Trinajstić information content (AvgIpc) is 2.96. The number of methoxy groups -OCH3 is 3. The van der Waals surface area contributed by atoms with Crippen LogP contribution in [0.2, 0.25) is 5.02 Å². The van der Waals surface area contributed by atoms with Gasteiger partial charge in [0.2, 0.25) is 0 Å². The lowest BCUT2D eigenvalue weighted by molar-refractivity contribution is -0.147. The number of aromatic nitrogens is 2. The topological polar surface area (TPSA) is 101 Å². The largest absolute Gasteiger partial charge is 0.496 e. The minimum atomic E-state index is -0.945. The molecule has 0 aliphatic rings. The monoisotopic (exact) mass is 577 g/mol. The van der Waals surface area contributed by atoms with Gasteiger partial charge in [-0.25, -0.2) is 9.78 Å². The van der Waals surface area contributed by atoms with Crippen LogP contribution in [0.15, 0.2) is 58.4 Å². The number of aryl methyl sites for hydroxylation is 1. The minimum Gasteiger partial charge on any atom is -0.496 e. The molecule has 0 unspecified atom stereocenters. The third kappa shape index (κ3) is 6.05. The van der Waals surface area contributed by atoms with E-state index in [1.54, 1.807) is 44.4 Å². The lowest BCUT2D eigenvalue weighted by atomic mass is 9.96. The number of hydrogen-bond donors (Lipinski definition) is 0. The van der Waals surface area contributed by atoms with Crippen LogP contribution in [0.1, 0.15) is 43.4 Å². The molecule has 0 fully saturated rings. The fourth-order valence-corrected chi connectivity index (χ4v) is 4.66. The highest BCUT2D eigenvalue weighted by atomic mass is 35.5. The number of hydrogen-bond acceptors (Lipinski definition) is 8. The second-order valence-electron chi connectivity index (χ2n) is 9.69. The quantitative estimate of drug-likeness (QED) is 0.178. The highest BCUT2D eigenvalue weighted by Crippen LogP contribution is 2.36. The second kappa shape index (κ2) is 12.4. The average molecular weight is 578 g/mol. The molecule has 1 aromatic heterocycles. The lowest BCUT2D eigenvalue weighted by Crippen LogP contribution is -2.25. The van der Waals surface area contributed by atoms with Crippen molar-refractivity contribution in [3.05, 3.63) is 80.6 Å². The van der Waals surface area contributed by atoms with E-state index in [1.807, 2.05) is 25.1 Å². The molecule has 0 saturated heterocycles. The highest BCUT2D eigenvalue weighted by Gasteiger charge is 2.22. The molecule has 1 heterocycles. The van der Waals surface area contributed by atoms with E-state index < -0.39 is 12.1 Å². The van der Waals surface area contributed by atoms with E-state index in [-0.39, 0.29) is 23.0 Å². The summed E-state index contributed by atoms with van der Waals surface area (Å²) in [6.45, 7) is 7.62. The maximum Gasteiger partial charge on any atom is 0.346 e. The Kier molecular flexibility index (Phi) is 8.98. The first kappa shape index (κ1) is 29.6. The van der Waals surface area contributed by atoms with Crippen molar-refractivity contribution in [2.75, 3.05) is 21.3 Å². The Morgan fingerprint density at radius 1 is 1.02 bits per heavy atom. The standard InChI is InChI=1S/C31H32ClN3O6/c1-17(2)23-15-24(18(3)12-26(23)38-5)29-34-25-11-9-8-10-22(25)30(36)35(29)33-16-20-13-21(32)14-27(39-6)28(20)41-19(4)31(37)40-7/h8-17,19H,1-7H3/t19-/m0/s1. The number of halogens is 1. The Morgan fingerprint density at radius 2 is 1.73 bits per heavy atom. The number of fused-ring (bicyclic) bond motifs is 1. The molecule has 0 spiro atoms. The van der Waals surface area contributed by atoms with Gasteiger partial charge in [0.05, 0.1) is 38.4 Å². The third-order valence-electron chi connectivity index (χ3n) is 6.60. The summed E-state index contributed by atoms with van der Waals surface area (Å²) in [7, 11) is 4.36. The number of nitrogens with zero attached hydrogens (tertiary/aromatic N) is 3. The smallest absolute Gasteiger partial charge is 0.346 e. The third-order valence-corrected chi connectivity index (χ3v) is 6.82. The molecular weight excluding hydrogens is 546 g/mol. The Bertz CT molecular complexity index is 1700. The molecule has 0 N–H and O–H groups in total. The minimum absolute atomic E-state index is 0.156. The zero-order chi connectivity index (χ0) is 29.8. The molecule has 0 amide bonds. The first-order valence-corrected chi connectivity index (χ1v) is 13.3. The van der Waals surface area contributed by atoms with Gasteiger partial charge >= 0.3 is 5.97 Å². The maximum absolute atomic E-state index is 13.8. The van der Waals surface area contributed by atoms with E-state index >= 15 is 0 Å². The van der Waals surface area contributed by atoms with E-state index in [9.17, 15) is 9.59 Å². The van der Waals surface area contributed by atoms with Crippen molar-refractivity contribution in [2.24, 2.45) is 5.10 Å². The first-order chi connectivity index (χ1) is 19.6. The van der Waals surface area contributed by atoms with Crippen LogP contribution in [-0.2, 0) is 9.53 Å². The zero-order valence-electron chi connectivity index (χ0n) is 24.0. The summed E-state index contributed by atoms with van der Waals surface area (Å²) in [6, 6.07) is 14.2. The SMILES string of the molecule is COC(=O)[C@H](C)Oc1c(C=Nn2c(-c3cc(C(C)C)c(OC)cc3C)nc3ccccc3c2=O)cc(Cl)cc1OC. The molecule has 214 valence electrons. The second-order valence-corrected chi connectivity index (χ2v) is 10.1.